The molecule has 5 heteroatoms. The maximum absolute atomic E-state index is 10.5. The largest absolute Gasteiger partial charge is 0.350 e. The van der Waals surface area contributed by atoms with E-state index in [0.29, 0.717) is 5.69 Å². The van der Waals surface area contributed by atoms with E-state index in [2.05, 4.69) is 4.98 Å². The monoisotopic (exact) mass is 171 g/mol. The first-order valence-corrected chi connectivity index (χ1v) is 3.21. The van der Waals surface area contributed by atoms with Gasteiger partial charge in [0.05, 0.1) is 11.9 Å². The Morgan fingerprint density at radius 1 is 1.73 bits per heavy atom. The zero-order valence-electron chi connectivity index (χ0n) is 5.57. The molecule has 0 aliphatic heterocycles. The van der Waals surface area contributed by atoms with Gasteiger partial charge in [-0.1, -0.05) is 0 Å². The molecule has 58 valence electrons. The van der Waals surface area contributed by atoms with E-state index in [-0.39, 0.29) is 0 Å². The highest BCUT2D eigenvalue weighted by atomic mass is 35.5. The fourth-order valence-corrected chi connectivity index (χ4v) is 0.697. The van der Waals surface area contributed by atoms with Gasteiger partial charge in [0.1, 0.15) is 0 Å². The predicted octanol–water partition coefficient (Wildman–Crippen LogP) is 1.12. The lowest BCUT2D eigenvalue weighted by atomic mass is 10.4. The molecule has 1 rings (SSSR count). The molecule has 1 aromatic rings. The van der Waals surface area contributed by atoms with Crippen LogP contribution < -0.4 is 10.2 Å². The average molecular weight is 172 g/mol. The molecule has 1 heterocycles. The first kappa shape index (κ1) is 7.81. The molecule has 2 N–H and O–H groups in total. The van der Waals surface area contributed by atoms with Crippen LogP contribution in [0.15, 0.2) is 24.5 Å². The third-order valence-corrected chi connectivity index (χ3v) is 1.43. The van der Waals surface area contributed by atoms with Crippen molar-refractivity contribution in [3.63, 3.8) is 0 Å². The Labute approximate surface area is 68.7 Å². The molecule has 2 amide bonds. The van der Waals surface area contributed by atoms with E-state index in [1.807, 2.05) is 0 Å². The van der Waals surface area contributed by atoms with Gasteiger partial charge in [0.2, 0.25) is 0 Å². The van der Waals surface area contributed by atoms with Crippen LogP contribution in [0.25, 0.3) is 0 Å². The van der Waals surface area contributed by atoms with Crippen molar-refractivity contribution in [1.82, 2.24) is 4.98 Å². The van der Waals surface area contributed by atoms with Crippen LogP contribution in [-0.4, -0.2) is 11.0 Å². The highest BCUT2D eigenvalue weighted by Gasteiger charge is 2.07. The molecule has 11 heavy (non-hydrogen) atoms. The van der Waals surface area contributed by atoms with Crippen molar-refractivity contribution >= 4 is 23.5 Å². The molecule has 0 aromatic carbocycles. The van der Waals surface area contributed by atoms with Crippen LogP contribution in [0.5, 0.6) is 0 Å². The Balaban J connectivity index is 2.85. The number of nitrogens with zero attached hydrogens (tertiary/aromatic N) is 2. The smallest absolute Gasteiger partial charge is 0.334 e. The maximum Gasteiger partial charge on any atom is 0.334 e. The minimum Gasteiger partial charge on any atom is -0.350 e. The summed E-state index contributed by atoms with van der Waals surface area (Å²) in [5.74, 6) is 0. The predicted molar refractivity (Wildman–Crippen MR) is 42.2 cm³/mol. The van der Waals surface area contributed by atoms with E-state index in [4.69, 9.17) is 17.5 Å². The summed E-state index contributed by atoms with van der Waals surface area (Å²) in [5.41, 5.74) is 5.36. The summed E-state index contributed by atoms with van der Waals surface area (Å²) >= 11 is 5.46. The van der Waals surface area contributed by atoms with Gasteiger partial charge in [-0.25, -0.2) is 9.21 Å². The summed E-state index contributed by atoms with van der Waals surface area (Å²) in [7, 11) is 0. The van der Waals surface area contributed by atoms with Crippen molar-refractivity contribution in [1.29, 1.82) is 0 Å². The van der Waals surface area contributed by atoms with Gasteiger partial charge in [-0.2, -0.15) is 0 Å². The van der Waals surface area contributed by atoms with Crippen LogP contribution in [0.4, 0.5) is 10.5 Å². The number of carbonyl (C=O) groups excluding carboxylic acids is 1. The molecule has 0 saturated carbocycles. The number of rotatable bonds is 1. The molecule has 0 unspecified atom stereocenters. The van der Waals surface area contributed by atoms with Crippen LogP contribution in [0, 0.1) is 0 Å². The lowest BCUT2D eigenvalue weighted by molar-refractivity contribution is 0.257. The molecular weight excluding hydrogens is 166 g/mol. The molecule has 0 atom stereocenters. The number of carbonyl (C=O) groups is 1. The summed E-state index contributed by atoms with van der Waals surface area (Å²) in [6.45, 7) is 0. The second-order valence-corrected chi connectivity index (χ2v) is 2.17. The Morgan fingerprint density at radius 2 is 2.45 bits per heavy atom. The number of aromatic nitrogens is 1. The van der Waals surface area contributed by atoms with E-state index in [0.717, 1.165) is 4.42 Å². The topological polar surface area (TPSA) is 59.2 Å². The molecule has 4 nitrogen and oxygen atoms in total. The second-order valence-electron chi connectivity index (χ2n) is 1.83. The van der Waals surface area contributed by atoms with Gasteiger partial charge in [-0.3, -0.25) is 4.98 Å². The van der Waals surface area contributed by atoms with Crippen LogP contribution in [-0.2, 0) is 0 Å². The number of anilines is 1. The molecule has 0 spiro atoms. The Kier molecular flexibility index (Phi) is 2.28. The third kappa shape index (κ3) is 1.81. The molecule has 0 radical (unpaired) electrons. The summed E-state index contributed by atoms with van der Waals surface area (Å²) in [5, 5.41) is 0. The summed E-state index contributed by atoms with van der Waals surface area (Å²) < 4.78 is 0.799. The molecule has 1 aromatic heterocycles. The number of hydrogen-bond donors (Lipinski definition) is 1. The number of urea groups is 1. The van der Waals surface area contributed by atoms with Gasteiger partial charge in [-0.15, -0.1) is 0 Å². The Morgan fingerprint density at radius 3 is 2.91 bits per heavy atom. The number of pyridine rings is 1. The van der Waals surface area contributed by atoms with Gasteiger partial charge in [0.25, 0.3) is 0 Å². The minimum absolute atomic E-state index is 0.460. The van der Waals surface area contributed by atoms with Crippen molar-refractivity contribution in [3.8, 4) is 0 Å². The number of halogens is 1. The van der Waals surface area contributed by atoms with Gasteiger partial charge in [0.15, 0.2) is 0 Å². The number of hydrogen-bond acceptors (Lipinski definition) is 2. The van der Waals surface area contributed by atoms with Crippen LogP contribution in [0.1, 0.15) is 0 Å². The highest BCUT2D eigenvalue weighted by molar-refractivity contribution is 6.36. The van der Waals surface area contributed by atoms with E-state index in [1.165, 1.54) is 6.20 Å². The normalized spacial score (nSPS) is 9.18. The fourth-order valence-electron chi connectivity index (χ4n) is 0.597. The first-order chi connectivity index (χ1) is 5.22. The van der Waals surface area contributed by atoms with E-state index >= 15 is 0 Å². The SMILES string of the molecule is NC(=O)N(Cl)c1cccnc1. The van der Waals surface area contributed by atoms with Crippen LogP contribution in [0.2, 0.25) is 0 Å². The van der Waals surface area contributed by atoms with Crippen molar-refractivity contribution in [2.45, 2.75) is 0 Å². The molecule has 0 aliphatic rings. The maximum atomic E-state index is 10.5. The summed E-state index contributed by atoms with van der Waals surface area (Å²) in [6.07, 6.45) is 3.02. The lowest BCUT2D eigenvalue weighted by Gasteiger charge is -2.08. The van der Waals surface area contributed by atoms with Crippen molar-refractivity contribution < 1.29 is 4.79 Å². The minimum atomic E-state index is -0.723. The van der Waals surface area contributed by atoms with Gasteiger partial charge >= 0.3 is 6.03 Å². The second kappa shape index (κ2) is 3.21. The standard InChI is InChI=1S/C6H6ClN3O/c7-10(6(8)11)5-2-1-3-9-4-5/h1-4H,(H2,8,11). The number of amides is 2. The number of primary amides is 1. The Hall–Kier alpha value is -1.29. The van der Waals surface area contributed by atoms with Gasteiger partial charge < -0.3 is 5.73 Å². The zero-order chi connectivity index (χ0) is 8.27. The quantitative estimate of drug-likeness (QED) is 0.644. The van der Waals surface area contributed by atoms with E-state index in [1.54, 1.807) is 18.3 Å². The fraction of sp³-hybridized carbons (Fsp3) is 0. The third-order valence-electron chi connectivity index (χ3n) is 1.07. The van der Waals surface area contributed by atoms with Gasteiger partial charge in [0, 0.05) is 18.0 Å². The summed E-state index contributed by atoms with van der Waals surface area (Å²) in [6, 6.07) is 2.57. The van der Waals surface area contributed by atoms with E-state index < -0.39 is 6.03 Å². The zero-order valence-corrected chi connectivity index (χ0v) is 6.32. The van der Waals surface area contributed by atoms with Crippen molar-refractivity contribution in [2.75, 3.05) is 4.42 Å². The van der Waals surface area contributed by atoms with Crippen LogP contribution >= 0.6 is 11.8 Å². The van der Waals surface area contributed by atoms with Crippen molar-refractivity contribution in [3.05, 3.63) is 24.5 Å². The molecule has 0 saturated heterocycles. The molecule has 0 aliphatic carbocycles. The number of nitrogens with two attached hydrogens (primary N) is 1. The van der Waals surface area contributed by atoms with Gasteiger partial charge in [-0.05, 0) is 12.1 Å². The Bertz CT molecular complexity index is 251. The molecule has 0 bridgehead atoms. The molecular formula is C6H6ClN3O. The average Bonchev–Trinajstić information content (AvgIpc) is 2.05. The van der Waals surface area contributed by atoms with Crippen molar-refractivity contribution in [2.24, 2.45) is 5.73 Å². The van der Waals surface area contributed by atoms with E-state index in [9.17, 15) is 4.79 Å². The summed E-state index contributed by atoms with van der Waals surface area (Å²) in [4.78, 5) is 14.2. The lowest BCUT2D eigenvalue weighted by Crippen LogP contribution is -2.26. The first-order valence-electron chi connectivity index (χ1n) is 2.87. The van der Waals surface area contributed by atoms with Crippen LogP contribution in [0.3, 0.4) is 0 Å². The highest BCUT2D eigenvalue weighted by Crippen LogP contribution is 2.12. The molecule has 0 fully saturated rings.